The fourth-order valence-corrected chi connectivity index (χ4v) is 2.82. The zero-order valence-electron chi connectivity index (χ0n) is 14.3. The van der Waals surface area contributed by atoms with Gasteiger partial charge in [-0.05, 0) is 43.5 Å². The highest BCUT2D eigenvalue weighted by Gasteiger charge is 2.23. The van der Waals surface area contributed by atoms with Crippen molar-refractivity contribution >= 4 is 23.4 Å². The largest absolute Gasteiger partial charge is 0.349 e. The maximum atomic E-state index is 12.3. The van der Waals surface area contributed by atoms with Crippen molar-refractivity contribution in [3.05, 3.63) is 29.8 Å². The van der Waals surface area contributed by atoms with E-state index in [-0.39, 0.29) is 23.8 Å². The van der Waals surface area contributed by atoms with Crippen LogP contribution < -0.4 is 10.6 Å². The third-order valence-corrected chi connectivity index (χ3v) is 4.11. The molecule has 2 rings (SSSR count). The maximum absolute atomic E-state index is 12.3. The molecule has 0 bridgehead atoms. The molecule has 6 heteroatoms. The number of nitrogens with zero attached hydrogens (tertiary/aromatic N) is 1. The molecule has 0 aromatic heterocycles. The lowest BCUT2D eigenvalue weighted by Gasteiger charge is -2.32. The minimum Gasteiger partial charge on any atom is -0.349 e. The van der Waals surface area contributed by atoms with E-state index in [0.717, 1.165) is 19.3 Å². The number of benzene rings is 1. The number of nitrogens with one attached hydrogen (secondary N) is 2. The van der Waals surface area contributed by atoms with Crippen LogP contribution in [0, 0.1) is 0 Å². The fourth-order valence-electron chi connectivity index (χ4n) is 2.82. The van der Waals surface area contributed by atoms with E-state index < -0.39 is 0 Å². The summed E-state index contributed by atoms with van der Waals surface area (Å²) in [5.41, 5.74) is 1.23. The Bertz CT molecular complexity index is 590. The molecular weight excluding hydrogens is 306 g/mol. The van der Waals surface area contributed by atoms with Crippen molar-refractivity contribution in [1.29, 1.82) is 0 Å². The van der Waals surface area contributed by atoms with Gasteiger partial charge in [-0.3, -0.25) is 14.4 Å². The molecule has 24 heavy (non-hydrogen) atoms. The van der Waals surface area contributed by atoms with E-state index in [4.69, 9.17) is 0 Å². The number of anilines is 1. The molecule has 1 aliphatic heterocycles. The predicted molar refractivity (Wildman–Crippen MR) is 92.7 cm³/mol. The van der Waals surface area contributed by atoms with Crippen LogP contribution in [0.2, 0.25) is 0 Å². The smallest absolute Gasteiger partial charge is 0.251 e. The van der Waals surface area contributed by atoms with Gasteiger partial charge in [0.15, 0.2) is 0 Å². The summed E-state index contributed by atoms with van der Waals surface area (Å²) in [5, 5.41) is 5.69. The molecule has 1 aliphatic rings. The van der Waals surface area contributed by atoms with Crippen LogP contribution in [-0.2, 0) is 9.59 Å². The summed E-state index contributed by atoms with van der Waals surface area (Å²) in [7, 11) is 0. The standard InChI is InChI=1S/C18H25N3O3/c1-3-4-17(23)21-11-9-16(10-12-21)20-18(24)14-5-7-15(8-6-14)19-13(2)22/h5-8,16H,3-4,9-12H2,1-2H3,(H,19,22)(H,20,24). The quantitative estimate of drug-likeness (QED) is 0.868. The third-order valence-electron chi connectivity index (χ3n) is 4.11. The molecular formula is C18H25N3O3. The molecule has 1 aromatic carbocycles. The Hall–Kier alpha value is -2.37. The van der Waals surface area contributed by atoms with E-state index in [1.807, 2.05) is 11.8 Å². The number of piperidine rings is 1. The van der Waals surface area contributed by atoms with Crippen LogP contribution in [-0.4, -0.2) is 41.8 Å². The third kappa shape index (κ3) is 5.08. The van der Waals surface area contributed by atoms with E-state index in [2.05, 4.69) is 10.6 Å². The average molecular weight is 331 g/mol. The predicted octanol–water partition coefficient (Wildman–Crippen LogP) is 2.17. The summed E-state index contributed by atoms with van der Waals surface area (Å²) in [6, 6.07) is 6.91. The molecule has 1 saturated heterocycles. The Labute approximate surface area is 142 Å². The van der Waals surface area contributed by atoms with Crippen LogP contribution in [0.25, 0.3) is 0 Å². The molecule has 6 nitrogen and oxygen atoms in total. The highest BCUT2D eigenvalue weighted by Crippen LogP contribution is 2.14. The van der Waals surface area contributed by atoms with E-state index >= 15 is 0 Å². The summed E-state index contributed by atoms with van der Waals surface area (Å²) in [4.78, 5) is 37.0. The number of likely N-dealkylation sites (tertiary alicyclic amines) is 1. The van der Waals surface area contributed by atoms with Crippen LogP contribution in [0.3, 0.4) is 0 Å². The number of carbonyl (C=O) groups excluding carboxylic acids is 3. The molecule has 0 aliphatic carbocycles. The highest BCUT2D eigenvalue weighted by atomic mass is 16.2. The topological polar surface area (TPSA) is 78.5 Å². The Kier molecular flexibility index (Phi) is 6.35. The lowest BCUT2D eigenvalue weighted by molar-refractivity contribution is -0.132. The van der Waals surface area contributed by atoms with Crippen LogP contribution in [0.4, 0.5) is 5.69 Å². The molecule has 0 atom stereocenters. The van der Waals surface area contributed by atoms with Gasteiger partial charge in [0.1, 0.15) is 0 Å². The SMILES string of the molecule is CCCC(=O)N1CCC(NC(=O)c2ccc(NC(C)=O)cc2)CC1. The first-order valence-electron chi connectivity index (χ1n) is 8.46. The van der Waals surface area contributed by atoms with Crippen molar-refractivity contribution in [2.75, 3.05) is 18.4 Å². The average Bonchev–Trinajstić information content (AvgIpc) is 2.56. The van der Waals surface area contributed by atoms with Gasteiger partial charge in [-0.1, -0.05) is 6.92 Å². The van der Waals surface area contributed by atoms with Gasteiger partial charge in [0, 0.05) is 43.7 Å². The second kappa shape index (κ2) is 8.47. The first-order chi connectivity index (χ1) is 11.5. The minimum atomic E-state index is -0.142. The molecule has 3 amide bonds. The second-order valence-corrected chi connectivity index (χ2v) is 6.14. The number of rotatable bonds is 5. The number of amides is 3. The highest BCUT2D eigenvalue weighted by molar-refractivity contribution is 5.95. The van der Waals surface area contributed by atoms with Gasteiger partial charge in [-0.25, -0.2) is 0 Å². The van der Waals surface area contributed by atoms with Gasteiger partial charge in [0.2, 0.25) is 11.8 Å². The Balaban J connectivity index is 1.83. The van der Waals surface area contributed by atoms with Gasteiger partial charge in [0.05, 0.1) is 0 Å². The molecule has 1 aromatic rings. The number of hydrogen-bond donors (Lipinski definition) is 2. The first-order valence-corrected chi connectivity index (χ1v) is 8.46. The van der Waals surface area contributed by atoms with Crippen molar-refractivity contribution in [2.24, 2.45) is 0 Å². The van der Waals surface area contributed by atoms with Gasteiger partial charge >= 0.3 is 0 Å². The van der Waals surface area contributed by atoms with Crippen molar-refractivity contribution < 1.29 is 14.4 Å². The van der Waals surface area contributed by atoms with E-state index in [1.165, 1.54) is 6.92 Å². The molecule has 0 unspecified atom stereocenters. The van der Waals surface area contributed by atoms with Crippen LogP contribution in [0.1, 0.15) is 49.9 Å². The Morgan fingerprint density at radius 1 is 1.12 bits per heavy atom. The summed E-state index contributed by atoms with van der Waals surface area (Å²) in [6.07, 6.45) is 3.03. The summed E-state index contributed by atoms with van der Waals surface area (Å²) in [6.45, 7) is 4.84. The van der Waals surface area contributed by atoms with Crippen LogP contribution in [0.5, 0.6) is 0 Å². The summed E-state index contributed by atoms with van der Waals surface area (Å²) in [5.74, 6) is -0.0601. The maximum Gasteiger partial charge on any atom is 0.251 e. The van der Waals surface area contributed by atoms with E-state index in [0.29, 0.717) is 30.8 Å². The normalized spacial score (nSPS) is 15.0. The van der Waals surface area contributed by atoms with E-state index in [1.54, 1.807) is 24.3 Å². The zero-order chi connectivity index (χ0) is 17.5. The zero-order valence-corrected chi connectivity index (χ0v) is 14.3. The Morgan fingerprint density at radius 3 is 2.29 bits per heavy atom. The van der Waals surface area contributed by atoms with Crippen LogP contribution >= 0.6 is 0 Å². The number of hydrogen-bond acceptors (Lipinski definition) is 3. The fraction of sp³-hybridized carbons (Fsp3) is 0.500. The van der Waals surface area contributed by atoms with Gasteiger partial charge in [0.25, 0.3) is 5.91 Å². The monoisotopic (exact) mass is 331 g/mol. The second-order valence-electron chi connectivity index (χ2n) is 6.14. The Morgan fingerprint density at radius 2 is 1.75 bits per heavy atom. The van der Waals surface area contributed by atoms with Gasteiger partial charge < -0.3 is 15.5 Å². The molecule has 130 valence electrons. The molecule has 1 fully saturated rings. The lowest BCUT2D eigenvalue weighted by atomic mass is 10.0. The van der Waals surface area contributed by atoms with Gasteiger partial charge in [-0.2, -0.15) is 0 Å². The van der Waals surface area contributed by atoms with E-state index in [9.17, 15) is 14.4 Å². The molecule has 0 radical (unpaired) electrons. The van der Waals surface area contributed by atoms with Gasteiger partial charge in [-0.15, -0.1) is 0 Å². The first kappa shape index (κ1) is 18.0. The van der Waals surface area contributed by atoms with Crippen molar-refractivity contribution in [1.82, 2.24) is 10.2 Å². The molecule has 0 spiro atoms. The number of carbonyl (C=O) groups is 3. The lowest BCUT2D eigenvalue weighted by Crippen LogP contribution is -2.46. The molecule has 1 heterocycles. The van der Waals surface area contributed by atoms with Crippen molar-refractivity contribution in [3.63, 3.8) is 0 Å². The summed E-state index contributed by atoms with van der Waals surface area (Å²) >= 11 is 0. The van der Waals surface area contributed by atoms with Crippen molar-refractivity contribution in [2.45, 2.75) is 45.6 Å². The minimum absolute atomic E-state index is 0.0956. The molecule has 0 saturated carbocycles. The molecule has 2 N–H and O–H groups in total. The summed E-state index contributed by atoms with van der Waals surface area (Å²) < 4.78 is 0. The van der Waals surface area contributed by atoms with Crippen molar-refractivity contribution in [3.8, 4) is 0 Å². The van der Waals surface area contributed by atoms with Crippen LogP contribution in [0.15, 0.2) is 24.3 Å².